The Hall–Kier alpha value is 0.271. The third-order valence-corrected chi connectivity index (χ3v) is 23.8. The standard InChI is InChI=1S/C26H63NO7Si6/c1-17-38(13,14)23-30-40(16,34-37(10,11)12)31-25(21-27-26(28)24(2)3)22-29-19-18-20-39(15,32-35(4,5)6)33-36(7,8)9/h25H,2,17-23H2,1,3-16H3,(H,27,28). The maximum atomic E-state index is 12.3. The molecule has 1 N–H and O–H groups in total. The van der Waals surface area contributed by atoms with Gasteiger partial charge in [0, 0.05) is 31.5 Å². The molecule has 0 heterocycles. The number of amides is 1. The fourth-order valence-corrected chi connectivity index (χ4v) is 25.0. The third-order valence-electron chi connectivity index (χ3n) is 5.70. The first kappa shape index (κ1) is 40.3. The Morgan fingerprint density at radius 1 is 0.825 bits per heavy atom. The first-order chi connectivity index (χ1) is 17.8. The molecule has 0 aliphatic carbocycles. The van der Waals surface area contributed by atoms with E-state index in [0.717, 1.165) is 18.5 Å². The van der Waals surface area contributed by atoms with E-state index < -0.39 is 56.5 Å². The lowest BCUT2D eigenvalue weighted by Crippen LogP contribution is -2.56. The van der Waals surface area contributed by atoms with Gasteiger partial charge in [0.25, 0.3) is 0 Å². The summed E-state index contributed by atoms with van der Waals surface area (Å²) in [5.41, 5.74) is 0.457. The molecule has 0 saturated heterocycles. The van der Waals surface area contributed by atoms with Crippen molar-refractivity contribution in [2.75, 3.05) is 26.0 Å². The minimum absolute atomic E-state index is 0.197. The normalized spacial score (nSPS) is 16.0. The van der Waals surface area contributed by atoms with Crippen molar-refractivity contribution in [1.82, 2.24) is 5.32 Å². The Morgan fingerprint density at radius 2 is 1.32 bits per heavy atom. The molecule has 2 atom stereocenters. The maximum absolute atomic E-state index is 12.3. The number of hydrogen-bond acceptors (Lipinski definition) is 7. The second-order valence-electron chi connectivity index (χ2n) is 14.9. The second-order valence-corrected chi connectivity index (χ2v) is 40.3. The van der Waals surface area contributed by atoms with Gasteiger partial charge in [-0.05, 0) is 84.9 Å². The van der Waals surface area contributed by atoms with Crippen LogP contribution in [0.3, 0.4) is 0 Å². The first-order valence-electron chi connectivity index (χ1n) is 14.7. The van der Waals surface area contributed by atoms with Gasteiger partial charge in [0.15, 0.2) is 25.0 Å². The monoisotopic (exact) mass is 669 g/mol. The zero-order valence-corrected chi connectivity index (χ0v) is 34.6. The highest BCUT2D eigenvalue weighted by Gasteiger charge is 2.43. The van der Waals surface area contributed by atoms with Crippen LogP contribution in [-0.2, 0) is 30.7 Å². The largest absolute Gasteiger partial charge is 0.487 e. The molecule has 0 bridgehead atoms. The number of nitrogens with one attached hydrogen (secondary N) is 1. The molecule has 0 saturated carbocycles. The number of rotatable bonds is 21. The maximum Gasteiger partial charge on any atom is 0.487 e. The lowest BCUT2D eigenvalue weighted by atomic mass is 10.3. The van der Waals surface area contributed by atoms with Crippen LogP contribution in [0.2, 0.25) is 97.2 Å². The molecule has 0 spiro atoms. The Bertz CT molecular complexity index is 780. The first-order valence-corrected chi connectivity index (χ1v) is 33.1. The molecular weight excluding hydrogens is 607 g/mol. The van der Waals surface area contributed by atoms with Gasteiger partial charge in [-0.25, -0.2) is 0 Å². The van der Waals surface area contributed by atoms with Crippen LogP contribution in [0.1, 0.15) is 20.3 Å². The van der Waals surface area contributed by atoms with E-state index in [0.29, 0.717) is 31.6 Å². The van der Waals surface area contributed by atoms with E-state index >= 15 is 0 Å². The molecule has 1 amide bonds. The second kappa shape index (κ2) is 16.4. The van der Waals surface area contributed by atoms with Crippen molar-refractivity contribution >= 4 is 56.3 Å². The third kappa shape index (κ3) is 20.2. The van der Waals surface area contributed by atoms with E-state index in [-0.39, 0.29) is 5.91 Å². The Morgan fingerprint density at radius 3 is 1.75 bits per heavy atom. The van der Waals surface area contributed by atoms with Crippen molar-refractivity contribution in [2.24, 2.45) is 0 Å². The number of carbonyl (C=O) groups excluding carboxylic acids is 1. The van der Waals surface area contributed by atoms with Crippen molar-refractivity contribution < 1.29 is 30.7 Å². The van der Waals surface area contributed by atoms with Crippen molar-refractivity contribution in [3.63, 3.8) is 0 Å². The summed E-state index contributed by atoms with van der Waals surface area (Å²) >= 11 is 0. The minimum Gasteiger partial charge on any atom is -0.437 e. The van der Waals surface area contributed by atoms with Crippen molar-refractivity contribution in [2.45, 2.75) is 124 Å². The minimum atomic E-state index is -3.01. The van der Waals surface area contributed by atoms with Crippen molar-refractivity contribution in [3.8, 4) is 0 Å². The van der Waals surface area contributed by atoms with Gasteiger partial charge < -0.3 is 31.3 Å². The number of ether oxygens (including phenoxy) is 1. The number of hydrogen-bond donors (Lipinski definition) is 1. The van der Waals surface area contributed by atoms with Crippen LogP contribution in [0, 0.1) is 0 Å². The summed E-state index contributed by atoms with van der Waals surface area (Å²) < 4.78 is 39.1. The van der Waals surface area contributed by atoms with Crippen LogP contribution in [0.5, 0.6) is 0 Å². The molecule has 8 nitrogen and oxygen atoms in total. The van der Waals surface area contributed by atoms with Crippen LogP contribution in [-0.4, -0.2) is 88.4 Å². The van der Waals surface area contributed by atoms with E-state index in [9.17, 15) is 4.79 Å². The molecule has 0 aliphatic heterocycles. The summed E-state index contributed by atoms with van der Waals surface area (Å²) in [6.07, 6.45) is 1.12. The molecule has 238 valence electrons. The molecule has 0 aromatic rings. The molecule has 14 heteroatoms. The highest BCUT2D eigenvalue weighted by atomic mass is 28.5. The fraction of sp³-hybridized carbons (Fsp3) is 0.885. The highest BCUT2D eigenvalue weighted by molar-refractivity contribution is 6.87. The predicted molar refractivity (Wildman–Crippen MR) is 183 cm³/mol. The van der Waals surface area contributed by atoms with Crippen molar-refractivity contribution in [1.29, 1.82) is 0 Å². The average Bonchev–Trinajstić information content (AvgIpc) is 2.71. The molecule has 40 heavy (non-hydrogen) atoms. The van der Waals surface area contributed by atoms with Crippen molar-refractivity contribution in [3.05, 3.63) is 12.2 Å². The summed E-state index contributed by atoms with van der Waals surface area (Å²) in [4.78, 5) is 12.3. The van der Waals surface area contributed by atoms with Gasteiger partial charge in [-0.15, -0.1) is 0 Å². The lowest BCUT2D eigenvalue weighted by molar-refractivity contribution is -0.118. The topological polar surface area (TPSA) is 84.5 Å². The molecular formula is C26H63NO7Si6. The van der Waals surface area contributed by atoms with E-state index in [2.05, 4.69) is 97.4 Å². The molecule has 2 unspecified atom stereocenters. The van der Waals surface area contributed by atoms with Gasteiger partial charge in [-0.3, -0.25) is 4.79 Å². The Balaban J connectivity index is 5.52. The van der Waals surface area contributed by atoms with Gasteiger partial charge in [-0.1, -0.05) is 32.6 Å². The summed E-state index contributed by atoms with van der Waals surface area (Å²) in [6, 6.07) is 2.00. The molecule has 0 aliphatic rings. The van der Waals surface area contributed by atoms with Crippen LogP contribution in [0.4, 0.5) is 0 Å². The Labute approximate surface area is 253 Å². The zero-order chi connectivity index (χ0) is 31.6. The average molecular weight is 670 g/mol. The molecule has 0 radical (unpaired) electrons. The van der Waals surface area contributed by atoms with Crippen LogP contribution in [0.25, 0.3) is 0 Å². The van der Waals surface area contributed by atoms with Gasteiger partial charge in [0.2, 0.25) is 5.91 Å². The molecule has 0 aromatic heterocycles. The van der Waals surface area contributed by atoms with Gasteiger partial charge in [0.1, 0.15) is 0 Å². The van der Waals surface area contributed by atoms with E-state index in [1.165, 1.54) is 0 Å². The fourth-order valence-electron chi connectivity index (χ4n) is 4.00. The van der Waals surface area contributed by atoms with E-state index in [1.54, 1.807) is 6.92 Å². The quantitative estimate of drug-likeness (QED) is 0.0805. The Kier molecular flexibility index (Phi) is 16.5. The highest BCUT2D eigenvalue weighted by Crippen LogP contribution is 2.26. The predicted octanol–water partition coefficient (Wildman–Crippen LogP) is 6.95. The van der Waals surface area contributed by atoms with E-state index in [1.807, 2.05) is 6.55 Å². The van der Waals surface area contributed by atoms with Gasteiger partial charge in [0.05, 0.1) is 20.8 Å². The SMILES string of the molecule is C=C(C)C(=O)NCC(COCCC[Si](C)(O[Si](C)(C)C)O[Si](C)(C)C)O[Si](C)(OC[Si](C)(C)CC)O[Si](C)(C)C. The molecule has 0 aromatic carbocycles. The zero-order valence-electron chi connectivity index (χ0n) is 28.6. The van der Waals surface area contributed by atoms with Gasteiger partial charge >= 0.3 is 17.4 Å². The van der Waals surface area contributed by atoms with Gasteiger partial charge in [-0.2, -0.15) is 0 Å². The van der Waals surface area contributed by atoms with Crippen LogP contribution >= 0.6 is 0 Å². The summed E-state index contributed by atoms with van der Waals surface area (Å²) in [7, 11) is -12.3. The molecule has 0 rings (SSSR count). The summed E-state index contributed by atoms with van der Waals surface area (Å²) in [6.45, 7) is 37.4. The van der Waals surface area contributed by atoms with E-state index in [4.69, 9.17) is 25.9 Å². The number of carbonyl (C=O) groups is 1. The smallest absolute Gasteiger partial charge is 0.437 e. The van der Waals surface area contributed by atoms with Crippen LogP contribution < -0.4 is 5.32 Å². The summed E-state index contributed by atoms with van der Waals surface area (Å²) in [5, 5.41) is 2.93. The lowest BCUT2D eigenvalue weighted by Gasteiger charge is -2.38. The van der Waals surface area contributed by atoms with Crippen LogP contribution in [0.15, 0.2) is 12.2 Å². The summed E-state index contributed by atoms with van der Waals surface area (Å²) in [5.74, 6) is -0.197. The molecule has 0 fully saturated rings.